The molecule has 0 aliphatic rings. The van der Waals surface area contributed by atoms with Crippen molar-refractivity contribution in [2.24, 2.45) is 0 Å². The summed E-state index contributed by atoms with van der Waals surface area (Å²) in [5.41, 5.74) is 0. The molecule has 0 aliphatic carbocycles. The molecule has 14 heteroatoms. The van der Waals surface area contributed by atoms with Gasteiger partial charge in [0.1, 0.15) is 0 Å². The topological polar surface area (TPSA) is 196 Å². The third kappa shape index (κ3) is 16.9. The Labute approximate surface area is 198 Å². The average Bonchev–Trinajstić information content (AvgIpc) is 2.46. The maximum absolute atomic E-state index is 11.0. The Kier molecular flexibility index (Phi) is 16.2. The molecule has 13 nitrogen and oxygen atoms in total. The summed E-state index contributed by atoms with van der Waals surface area (Å²) in [5.74, 6) is -6.16. The SMILES string of the molecule is O=C(O)CN(CCN(CC(=O)O)CC(=O)O)CCN(CC(=O)O)CC(=O)O.[Yb]. The summed E-state index contributed by atoms with van der Waals surface area (Å²) in [6.45, 7) is -2.74. The van der Waals surface area contributed by atoms with Crippen molar-refractivity contribution in [1.29, 1.82) is 0 Å². The first kappa shape index (κ1) is 29.0. The Bertz CT molecular complexity index is 487. The average molecular weight is 566 g/mol. The number of nitrogens with zero attached hydrogens (tertiary/aromatic N) is 3. The second kappa shape index (κ2) is 15.6. The number of carboxylic acid groups (broad SMARTS) is 5. The van der Waals surface area contributed by atoms with Crippen molar-refractivity contribution in [1.82, 2.24) is 14.7 Å². The minimum absolute atomic E-state index is 0. The molecule has 0 amide bonds. The van der Waals surface area contributed by atoms with Crippen LogP contribution in [-0.4, -0.2) is 129 Å². The zero-order valence-electron chi connectivity index (χ0n) is 14.8. The molecule has 0 aromatic carbocycles. The Balaban J connectivity index is 0. The largest absolute Gasteiger partial charge is 0.480 e. The zero-order chi connectivity index (χ0) is 21.0. The molecule has 0 aliphatic heterocycles. The second-order valence-corrected chi connectivity index (χ2v) is 5.67. The number of carbonyl (C=O) groups is 5. The van der Waals surface area contributed by atoms with Crippen LogP contribution in [0, 0.1) is 46.9 Å². The molecule has 0 heterocycles. The van der Waals surface area contributed by atoms with Crippen molar-refractivity contribution in [3.63, 3.8) is 0 Å². The van der Waals surface area contributed by atoms with Crippen molar-refractivity contribution >= 4 is 29.8 Å². The van der Waals surface area contributed by atoms with E-state index >= 15 is 0 Å². The van der Waals surface area contributed by atoms with Crippen molar-refractivity contribution in [3.8, 4) is 0 Å². The molecule has 0 aromatic rings. The first-order valence-corrected chi connectivity index (χ1v) is 7.75. The summed E-state index contributed by atoms with van der Waals surface area (Å²) in [7, 11) is 0. The Morgan fingerprint density at radius 1 is 0.429 bits per heavy atom. The molecule has 0 spiro atoms. The van der Waals surface area contributed by atoms with Crippen molar-refractivity contribution < 1.29 is 96.4 Å². The van der Waals surface area contributed by atoms with Gasteiger partial charge in [0.25, 0.3) is 0 Å². The molecule has 28 heavy (non-hydrogen) atoms. The molecule has 5 N–H and O–H groups in total. The van der Waals surface area contributed by atoms with Crippen LogP contribution in [0.4, 0.5) is 0 Å². The summed E-state index contributed by atoms with van der Waals surface area (Å²) in [6.07, 6.45) is 0. The molecule has 0 saturated carbocycles. The van der Waals surface area contributed by atoms with Gasteiger partial charge in [-0.25, -0.2) is 0 Å². The summed E-state index contributed by atoms with van der Waals surface area (Å²) in [4.78, 5) is 57.6. The van der Waals surface area contributed by atoms with Gasteiger partial charge in [0.2, 0.25) is 0 Å². The minimum atomic E-state index is -1.24. The molecule has 0 rings (SSSR count). The summed E-state index contributed by atoms with van der Waals surface area (Å²) < 4.78 is 0. The van der Waals surface area contributed by atoms with Gasteiger partial charge in [-0.15, -0.1) is 0 Å². The van der Waals surface area contributed by atoms with Crippen LogP contribution in [0.1, 0.15) is 0 Å². The number of aliphatic carboxylic acids is 5. The van der Waals surface area contributed by atoms with E-state index in [0.717, 1.165) is 9.80 Å². The van der Waals surface area contributed by atoms with Gasteiger partial charge >= 0.3 is 29.8 Å². The summed E-state index contributed by atoms with van der Waals surface area (Å²) in [5, 5.41) is 44.1. The Hall–Kier alpha value is -1.25. The van der Waals surface area contributed by atoms with Gasteiger partial charge in [0.15, 0.2) is 0 Å². The third-order valence-corrected chi connectivity index (χ3v) is 3.26. The van der Waals surface area contributed by atoms with Crippen LogP contribution in [0.2, 0.25) is 0 Å². The Morgan fingerprint density at radius 2 is 0.607 bits per heavy atom. The first-order chi connectivity index (χ1) is 12.5. The fourth-order valence-electron chi connectivity index (χ4n) is 2.22. The van der Waals surface area contributed by atoms with E-state index in [1.807, 2.05) is 0 Å². The monoisotopic (exact) mass is 567 g/mol. The normalized spacial score (nSPS) is 10.7. The predicted molar refractivity (Wildman–Crippen MR) is 87.5 cm³/mol. The van der Waals surface area contributed by atoms with Crippen molar-refractivity contribution in [2.75, 3.05) is 58.9 Å². The van der Waals surface area contributed by atoms with Crippen molar-refractivity contribution in [3.05, 3.63) is 0 Å². The number of hydrogen-bond donors (Lipinski definition) is 5. The summed E-state index contributed by atoms with van der Waals surface area (Å²) >= 11 is 0. The predicted octanol–water partition coefficient (Wildman–Crippen LogP) is -2.68. The van der Waals surface area contributed by atoms with Crippen LogP contribution < -0.4 is 0 Å². The maximum Gasteiger partial charge on any atom is 0.317 e. The molecule has 0 fully saturated rings. The molecule has 0 radical (unpaired) electrons. The van der Waals surface area contributed by atoms with Gasteiger partial charge in [0, 0.05) is 73.1 Å². The van der Waals surface area contributed by atoms with Crippen LogP contribution in [-0.2, 0) is 24.0 Å². The van der Waals surface area contributed by atoms with E-state index in [0.29, 0.717) is 0 Å². The maximum atomic E-state index is 11.0. The fourth-order valence-corrected chi connectivity index (χ4v) is 2.22. The van der Waals surface area contributed by atoms with E-state index in [-0.39, 0.29) is 73.1 Å². The zero-order valence-corrected chi connectivity index (χ0v) is 16.5. The van der Waals surface area contributed by atoms with E-state index in [4.69, 9.17) is 25.5 Å². The molecule has 168 valence electrons. The Morgan fingerprint density at radius 3 is 0.821 bits per heavy atom. The van der Waals surface area contributed by atoms with E-state index in [1.165, 1.54) is 4.90 Å². The molecule has 0 saturated heterocycles. The molecular formula is C14H23N3O10Yb. The van der Waals surface area contributed by atoms with Crippen LogP contribution in [0.15, 0.2) is 0 Å². The first-order valence-electron chi connectivity index (χ1n) is 7.75. The summed E-state index contributed by atoms with van der Waals surface area (Å²) in [6, 6.07) is 0. The molecule has 0 aromatic heterocycles. The molecular weight excluding hydrogens is 543 g/mol. The van der Waals surface area contributed by atoms with Crippen LogP contribution >= 0.6 is 0 Å². The van der Waals surface area contributed by atoms with Gasteiger partial charge in [0.05, 0.1) is 32.7 Å². The van der Waals surface area contributed by atoms with Gasteiger partial charge in [-0.3, -0.25) is 38.7 Å². The van der Waals surface area contributed by atoms with Crippen LogP contribution in [0.3, 0.4) is 0 Å². The second-order valence-electron chi connectivity index (χ2n) is 5.67. The number of rotatable bonds is 16. The fraction of sp³-hybridized carbons (Fsp3) is 0.643. The van der Waals surface area contributed by atoms with E-state index < -0.39 is 62.6 Å². The van der Waals surface area contributed by atoms with Crippen LogP contribution in [0.5, 0.6) is 0 Å². The van der Waals surface area contributed by atoms with E-state index in [1.54, 1.807) is 0 Å². The smallest absolute Gasteiger partial charge is 0.317 e. The van der Waals surface area contributed by atoms with Gasteiger partial charge in [-0.1, -0.05) is 0 Å². The van der Waals surface area contributed by atoms with Crippen molar-refractivity contribution in [2.45, 2.75) is 0 Å². The number of carboxylic acids is 5. The van der Waals surface area contributed by atoms with Gasteiger partial charge in [-0.05, 0) is 0 Å². The minimum Gasteiger partial charge on any atom is -0.480 e. The van der Waals surface area contributed by atoms with E-state index in [9.17, 15) is 24.0 Å². The number of hydrogen-bond acceptors (Lipinski definition) is 8. The van der Waals surface area contributed by atoms with E-state index in [2.05, 4.69) is 0 Å². The third-order valence-electron chi connectivity index (χ3n) is 3.26. The molecule has 0 bridgehead atoms. The molecule has 0 unspecified atom stereocenters. The molecule has 0 atom stereocenters. The quantitative estimate of drug-likeness (QED) is 0.130. The van der Waals surface area contributed by atoms with Gasteiger partial charge < -0.3 is 25.5 Å². The van der Waals surface area contributed by atoms with Crippen LogP contribution in [0.25, 0.3) is 0 Å². The standard InChI is InChI=1S/C14H23N3O10.Yb/c18-10(19)5-15(1-3-16(6-11(20)21)7-12(22)23)2-4-17(8-13(24)25)9-14(26)27;/h1-9H2,(H,18,19)(H,20,21)(H,22,23)(H,24,25)(H,26,27);. The van der Waals surface area contributed by atoms with Gasteiger partial charge in [-0.2, -0.15) is 0 Å².